The van der Waals surface area contributed by atoms with Gasteiger partial charge in [-0.05, 0) is 71.8 Å². The summed E-state index contributed by atoms with van der Waals surface area (Å²) < 4.78 is 8.85. The molecule has 5 nitrogen and oxygen atoms in total. The van der Waals surface area contributed by atoms with Crippen LogP contribution in [0.15, 0.2) is 144 Å². The lowest BCUT2D eigenvalue weighted by atomic mass is 9.85. The third-order valence-corrected chi connectivity index (χ3v) is 10.2. The van der Waals surface area contributed by atoms with Gasteiger partial charge in [-0.15, -0.1) is 0 Å². The number of benzene rings is 6. The Hall–Kier alpha value is -6.82. The first-order valence-electron chi connectivity index (χ1n) is 16.4. The maximum atomic E-state index is 10.0. The molecule has 0 saturated heterocycles. The van der Waals surface area contributed by atoms with Crippen molar-refractivity contribution in [1.82, 2.24) is 4.57 Å². The minimum atomic E-state index is 0.0313. The van der Waals surface area contributed by atoms with Crippen molar-refractivity contribution in [2.24, 2.45) is 0 Å². The molecule has 1 aliphatic heterocycles. The van der Waals surface area contributed by atoms with Crippen LogP contribution in [0.2, 0.25) is 0 Å². The number of hydrogen-bond donors (Lipinski definition) is 0. The van der Waals surface area contributed by atoms with Gasteiger partial charge in [-0.2, -0.15) is 10.5 Å². The van der Waals surface area contributed by atoms with Crippen LogP contribution in [0.3, 0.4) is 0 Å². The first-order chi connectivity index (χ1) is 24.2. The van der Waals surface area contributed by atoms with E-state index < -0.39 is 0 Å². The van der Waals surface area contributed by atoms with Gasteiger partial charge in [-0.1, -0.05) is 84.9 Å². The van der Waals surface area contributed by atoms with E-state index in [4.69, 9.17) is 4.42 Å². The Kier molecular flexibility index (Phi) is 5.76. The third kappa shape index (κ3) is 3.91. The maximum Gasteiger partial charge on any atom is 0.134 e. The molecular weight excluding hydrogens is 601 g/mol. The van der Waals surface area contributed by atoms with Gasteiger partial charge in [-0.3, -0.25) is 0 Å². The van der Waals surface area contributed by atoms with Crippen molar-refractivity contribution < 1.29 is 4.42 Å². The van der Waals surface area contributed by atoms with Gasteiger partial charge in [0.05, 0.1) is 51.9 Å². The summed E-state index contributed by atoms with van der Waals surface area (Å²) in [6, 6.07) is 50.3. The molecule has 3 heterocycles. The summed E-state index contributed by atoms with van der Waals surface area (Å²) >= 11 is 0. The number of nitriles is 2. The number of anilines is 2. The molecule has 0 spiro atoms. The molecule has 0 fully saturated rings. The Morgan fingerprint density at radius 2 is 1.35 bits per heavy atom. The van der Waals surface area contributed by atoms with Crippen LogP contribution in [0, 0.1) is 22.7 Å². The molecule has 0 saturated carbocycles. The van der Waals surface area contributed by atoms with Crippen LogP contribution < -0.4 is 4.90 Å². The molecule has 0 bridgehead atoms. The summed E-state index contributed by atoms with van der Waals surface area (Å²) in [5.74, 6) is 1.03. The molecule has 2 unspecified atom stereocenters. The second-order valence-corrected chi connectivity index (χ2v) is 12.7. The quantitative estimate of drug-likeness (QED) is 0.196. The first kappa shape index (κ1) is 27.3. The van der Waals surface area contributed by atoms with Gasteiger partial charge >= 0.3 is 0 Å². The lowest BCUT2D eigenvalue weighted by molar-refractivity contribution is 0.505. The molecule has 2 atom stereocenters. The van der Waals surface area contributed by atoms with E-state index in [1.54, 1.807) is 0 Å². The molecule has 10 rings (SSSR count). The fraction of sp³-hybridized carbons (Fsp3) is 0.0455. The molecule has 0 amide bonds. The van der Waals surface area contributed by atoms with Gasteiger partial charge in [0.1, 0.15) is 11.3 Å². The van der Waals surface area contributed by atoms with Crippen LogP contribution in [0.1, 0.15) is 33.9 Å². The monoisotopic (exact) mass is 626 g/mol. The highest BCUT2D eigenvalue weighted by molar-refractivity contribution is 6.10. The number of fused-ring (bicyclic) bond motifs is 10. The van der Waals surface area contributed by atoms with Crippen molar-refractivity contribution in [3.63, 3.8) is 0 Å². The van der Waals surface area contributed by atoms with Gasteiger partial charge in [0, 0.05) is 38.7 Å². The average Bonchev–Trinajstić information content (AvgIpc) is 3.82. The lowest BCUT2D eigenvalue weighted by Crippen LogP contribution is -2.30. The van der Waals surface area contributed by atoms with Crippen LogP contribution in [-0.4, -0.2) is 10.6 Å². The van der Waals surface area contributed by atoms with Crippen molar-refractivity contribution in [2.75, 3.05) is 4.90 Å². The SMILES string of the molecule is N#Cc1ccc(-c2ccc3c(c2)N(c2ccccc2)C2C=Cc4c(oc5ccccc45)C32)c(-n2c3ccccc3c3cc(C#N)ccc32)c1. The number of rotatable bonds is 3. The Morgan fingerprint density at radius 1 is 0.612 bits per heavy atom. The second kappa shape index (κ2) is 10.3. The number of para-hydroxylation sites is 3. The van der Waals surface area contributed by atoms with Crippen molar-refractivity contribution >= 4 is 50.2 Å². The topological polar surface area (TPSA) is 68.9 Å². The fourth-order valence-electron chi connectivity index (χ4n) is 8.08. The minimum Gasteiger partial charge on any atom is -0.460 e. The van der Waals surface area contributed by atoms with Gasteiger partial charge in [0.25, 0.3) is 0 Å². The van der Waals surface area contributed by atoms with E-state index in [9.17, 15) is 10.5 Å². The smallest absolute Gasteiger partial charge is 0.134 e. The van der Waals surface area contributed by atoms with E-state index in [1.807, 2.05) is 54.6 Å². The van der Waals surface area contributed by atoms with E-state index >= 15 is 0 Å². The molecule has 2 aromatic heterocycles. The zero-order valence-electron chi connectivity index (χ0n) is 26.2. The Bertz CT molecular complexity index is 2770. The van der Waals surface area contributed by atoms with Gasteiger partial charge in [0.2, 0.25) is 0 Å². The number of aromatic nitrogens is 1. The predicted octanol–water partition coefficient (Wildman–Crippen LogP) is 10.6. The molecule has 0 radical (unpaired) electrons. The van der Waals surface area contributed by atoms with E-state index in [-0.39, 0.29) is 12.0 Å². The van der Waals surface area contributed by atoms with E-state index in [0.717, 1.165) is 72.3 Å². The van der Waals surface area contributed by atoms with Gasteiger partial charge < -0.3 is 13.9 Å². The summed E-state index contributed by atoms with van der Waals surface area (Å²) in [7, 11) is 0. The van der Waals surface area contributed by atoms with E-state index in [2.05, 4.69) is 113 Å². The van der Waals surface area contributed by atoms with Crippen LogP contribution in [0.4, 0.5) is 11.4 Å². The summed E-state index contributed by atoms with van der Waals surface area (Å²) in [6.07, 6.45) is 4.55. The molecule has 228 valence electrons. The normalized spacial score (nSPS) is 16.0. The van der Waals surface area contributed by atoms with Crippen LogP contribution in [0.5, 0.6) is 0 Å². The van der Waals surface area contributed by atoms with Crippen LogP contribution in [-0.2, 0) is 0 Å². The van der Waals surface area contributed by atoms with E-state index in [0.29, 0.717) is 11.1 Å². The molecule has 8 aromatic rings. The van der Waals surface area contributed by atoms with Gasteiger partial charge in [-0.25, -0.2) is 0 Å². The molecule has 6 aromatic carbocycles. The van der Waals surface area contributed by atoms with Crippen LogP contribution >= 0.6 is 0 Å². The van der Waals surface area contributed by atoms with Crippen molar-refractivity contribution in [3.05, 3.63) is 168 Å². The Balaban J connectivity index is 1.22. The standard InChI is InChI=1S/C44H26N4O/c45-25-27-15-20-38-36(22-27)32-10-4-6-12-37(32)48(38)40-23-28(26-46)14-17-31(40)29-16-18-35-41(24-29)47(30-8-2-1-3-9-30)39-21-19-34-33-11-5-7-13-42(33)49-44(34)43(35)39/h1-24,39,43H. The highest BCUT2D eigenvalue weighted by atomic mass is 16.3. The first-order valence-corrected chi connectivity index (χ1v) is 16.4. The zero-order valence-corrected chi connectivity index (χ0v) is 26.2. The zero-order chi connectivity index (χ0) is 32.6. The molecule has 1 aliphatic carbocycles. The fourth-order valence-corrected chi connectivity index (χ4v) is 8.08. The van der Waals surface area contributed by atoms with Crippen molar-refractivity contribution in [1.29, 1.82) is 10.5 Å². The molecule has 5 heteroatoms. The van der Waals surface area contributed by atoms with Crippen molar-refractivity contribution in [3.8, 4) is 29.0 Å². The van der Waals surface area contributed by atoms with Crippen molar-refractivity contribution in [2.45, 2.75) is 12.0 Å². The number of furan rings is 1. The molecule has 2 aliphatic rings. The lowest BCUT2D eigenvalue weighted by Gasteiger charge is -2.30. The summed E-state index contributed by atoms with van der Waals surface area (Å²) in [5, 5.41) is 22.9. The highest BCUT2D eigenvalue weighted by Gasteiger charge is 2.44. The largest absolute Gasteiger partial charge is 0.460 e. The third-order valence-electron chi connectivity index (χ3n) is 10.2. The van der Waals surface area contributed by atoms with Crippen LogP contribution in [0.25, 0.3) is 55.7 Å². The van der Waals surface area contributed by atoms with Gasteiger partial charge in [0.15, 0.2) is 0 Å². The molecule has 49 heavy (non-hydrogen) atoms. The predicted molar refractivity (Wildman–Crippen MR) is 195 cm³/mol. The average molecular weight is 627 g/mol. The number of nitrogens with zero attached hydrogens (tertiary/aromatic N) is 4. The molecular formula is C44H26N4O. The molecule has 0 N–H and O–H groups in total. The number of hydrogen-bond acceptors (Lipinski definition) is 4. The Labute approximate surface area is 282 Å². The van der Waals surface area contributed by atoms with E-state index in [1.165, 1.54) is 5.56 Å². The highest BCUT2D eigenvalue weighted by Crippen LogP contribution is 2.54. The Morgan fingerprint density at radius 3 is 2.20 bits per heavy atom. The summed E-state index contributed by atoms with van der Waals surface area (Å²) in [5.41, 5.74) is 11.7. The minimum absolute atomic E-state index is 0.0313. The summed E-state index contributed by atoms with van der Waals surface area (Å²) in [6.45, 7) is 0. The second-order valence-electron chi connectivity index (χ2n) is 12.7. The maximum absolute atomic E-state index is 10.0. The summed E-state index contributed by atoms with van der Waals surface area (Å²) in [4.78, 5) is 2.43.